The van der Waals surface area contributed by atoms with E-state index in [1.54, 1.807) is 6.07 Å². The standard InChI is InChI=1S/C23H23F2N2/c1-23(2,3)17-8-6-16(7-9-17)22-21-5-4-13-27(21,14-12-26-22)20-11-10-18(24)15-19(20)25/h4-11,13,15H,12,14H2,1-3H3/q+1. The molecule has 0 fully saturated rings. The zero-order valence-corrected chi connectivity index (χ0v) is 15.8. The number of aliphatic imine (C=N–C) groups is 1. The third-order valence-corrected chi connectivity index (χ3v) is 5.35. The van der Waals surface area contributed by atoms with Crippen LogP contribution in [0.25, 0.3) is 0 Å². The maximum absolute atomic E-state index is 14.6. The van der Waals surface area contributed by atoms with Crippen LogP contribution in [0.1, 0.15) is 31.9 Å². The van der Waals surface area contributed by atoms with Crippen molar-refractivity contribution in [3.63, 3.8) is 0 Å². The minimum absolute atomic E-state index is 0.0815. The van der Waals surface area contributed by atoms with Gasteiger partial charge < -0.3 is 0 Å². The van der Waals surface area contributed by atoms with Crippen molar-refractivity contribution in [1.29, 1.82) is 0 Å². The van der Waals surface area contributed by atoms with E-state index >= 15 is 0 Å². The second-order valence-corrected chi connectivity index (χ2v) is 8.14. The van der Waals surface area contributed by atoms with Crippen molar-refractivity contribution < 1.29 is 8.78 Å². The molecule has 2 aliphatic heterocycles. The molecule has 0 aromatic heterocycles. The number of rotatable bonds is 2. The number of fused-ring (bicyclic) bond motifs is 1. The largest absolute Gasteiger partial charge is 0.273 e. The zero-order chi connectivity index (χ0) is 19.2. The molecule has 0 saturated carbocycles. The van der Waals surface area contributed by atoms with Gasteiger partial charge in [0, 0.05) is 23.8 Å². The average Bonchev–Trinajstić information content (AvgIpc) is 3.06. The second kappa shape index (κ2) is 6.24. The lowest BCUT2D eigenvalue weighted by Gasteiger charge is -2.36. The van der Waals surface area contributed by atoms with Gasteiger partial charge in [-0.2, -0.15) is 0 Å². The zero-order valence-electron chi connectivity index (χ0n) is 15.8. The summed E-state index contributed by atoms with van der Waals surface area (Å²) in [5, 5.41) is 0. The highest BCUT2D eigenvalue weighted by atomic mass is 19.1. The van der Waals surface area contributed by atoms with E-state index in [2.05, 4.69) is 45.0 Å². The highest BCUT2D eigenvalue weighted by molar-refractivity contribution is 6.15. The first-order chi connectivity index (χ1) is 12.8. The summed E-state index contributed by atoms with van der Waals surface area (Å²) >= 11 is 0. The van der Waals surface area contributed by atoms with Gasteiger partial charge in [0.1, 0.15) is 24.3 Å². The quantitative estimate of drug-likeness (QED) is 0.625. The van der Waals surface area contributed by atoms with E-state index in [-0.39, 0.29) is 9.90 Å². The van der Waals surface area contributed by atoms with Crippen molar-refractivity contribution in [3.05, 3.63) is 89.3 Å². The van der Waals surface area contributed by atoms with E-state index in [9.17, 15) is 8.78 Å². The lowest BCUT2D eigenvalue weighted by molar-refractivity contribution is 0.449. The van der Waals surface area contributed by atoms with Gasteiger partial charge in [-0.25, -0.2) is 13.3 Å². The Morgan fingerprint density at radius 2 is 1.74 bits per heavy atom. The number of hydrogen-bond donors (Lipinski definition) is 0. The van der Waals surface area contributed by atoms with E-state index in [1.807, 2.05) is 18.4 Å². The Hall–Kier alpha value is -2.59. The van der Waals surface area contributed by atoms with Crippen LogP contribution in [-0.4, -0.2) is 18.8 Å². The summed E-state index contributed by atoms with van der Waals surface area (Å²) in [6.07, 6.45) is 5.88. The monoisotopic (exact) mass is 365 g/mol. The Morgan fingerprint density at radius 3 is 2.41 bits per heavy atom. The molecule has 2 aromatic carbocycles. The van der Waals surface area contributed by atoms with Crippen LogP contribution in [0.5, 0.6) is 0 Å². The molecule has 27 heavy (non-hydrogen) atoms. The first-order valence-corrected chi connectivity index (χ1v) is 9.20. The molecule has 138 valence electrons. The minimum Gasteiger partial charge on any atom is -0.273 e. The van der Waals surface area contributed by atoms with Gasteiger partial charge in [-0.1, -0.05) is 45.0 Å². The molecular formula is C23H23F2N2+. The van der Waals surface area contributed by atoms with Gasteiger partial charge in [-0.3, -0.25) is 4.99 Å². The molecule has 4 heteroatoms. The maximum Gasteiger partial charge on any atom is 0.187 e. The van der Waals surface area contributed by atoms with E-state index in [4.69, 9.17) is 4.99 Å². The molecule has 0 amide bonds. The van der Waals surface area contributed by atoms with Crippen molar-refractivity contribution in [1.82, 2.24) is 4.48 Å². The van der Waals surface area contributed by atoms with Crippen LogP contribution in [0.2, 0.25) is 0 Å². The van der Waals surface area contributed by atoms with Gasteiger partial charge in [-0.15, -0.1) is 0 Å². The fourth-order valence-corrected chi connectivity index (χ4v) is 3.86. The molecule has 0 N–H and O–H groups in total. The number of benzene rings is 2. The third kappa shape index (κ3) is 2.94. The summed E-state index contributed by atoms with van der Waals surface area (Å²) < 4.78 is 28.3. The predicted octanol–water partition coefficient (Wildman–Crippen LogP) is 5.48. The highest BCUT2D eigenvalue weighted by Gasteiger charge is 2.43. The van der Waals surface area contributed by atoms with Crippen LogP contribution in [-0.2, 0) is 5.41 Å². The van der Waals surface area contributed by atoms with E-state index in [0.29, 0.717) is 18.8 Å². The van der Waals surface area contributed by atoms with Crippen molar-refractivity contribution in [2.45, 2.75) is 26.2 Å². The number of hydrogen-bond acceptors (Lipinski definition) is 1. The van der Waals surface area contributed by atoms with Crippen LogP contribution in [0, 0.1) is 11.6 Å². The number of quaternary nitrogens is 1. The van der Waals surface area contributed by atoms with Crippen molar-refractivity contribution in [2.75, 3.05) is 13.1 Å². The molecule has 0 saturated heterocycles. The van der Waals surface area contributed by atoms with Gasteiger partial charge >= 0.3 is 0 Å². The molecule has 0 aliphatic carbocycles. The Labute approximate surface area is 158 Å². The smallest absolute Gasteiger partial charge is 0.187 e. The fourth-order valence-electron chi connectivity index (χ4n) is 3.86. The molecule has 0 bridgehead atoms. The van der Waals surface area contributed by atoms with Gasteiger partial charge in [0.25, 0.3) is 0 Å². The molecule has 4 rings (SSSR count). The summed E-state index contributed by atoms with van der Waals surface area (Å²) in [5.41, 5.74) is 4.60. The van der Waals surface area contributed by atoms with Crippen molar-refractivity contribution in [2.24, 2.45) is 4.99 Å². The Balaban J connectivity index is 1.76. The summed E-state index contributed by atoms with van der Waals surface area (Å²) in [6, 6.07) is 12.2. The predicted molar refractivity (Wildman–Crippen MR) is 107 cm³/mol. The molecule has 0 radical (unpaired) electrons. The number of nitrogens with zero attached hydrogens (tertiary/aromatic N) is 2. The molecule has 1 atom stereocenters. The fraction of sp³-hybridized carbons (Fsp3) is 0.261. The SMILES string of the molecule is CC(C)(C)c1ccc(C2=NCC[N+]3(c4ccc(F)cc4F)C=CC=C23)cc1. The summed E-state index contributed by atoms with van der Waals surface area (Å²) in [5.74, 6) is -1.09. The van der Waals surface area contributed by atoms with Crippen molar-refractivity contribution in [3.8, 4) is 0 Å². The lowest BCUT2D eigenvalue weighted by atomic mass is 9.86. The Bertz CT molecular complexity index is 978. The van der Waals surface area contributed by atoms with Gasteiger partial charge in [0.05, 0.1) is 6.54 Å². The van der Waals surface area contributed by atoms with Crippen molar-refractivity contribution >= 4 is 11.4 Å². The molecule has 2 aliphatic rings. The summed E-state index contributed by atoms with van der Waals surface area (Å²) in [6.45, 7) is 7.75. The number of allylic oxidation sites excluding steroid dienone is 3. The molecule has 1 unspecified atom stereocenters. The van der Waals surface area contributed by atoms with E-state index < -0.39 is 11.6 Å². The van der Waals surface area contributed by atoms with Gasteiger partial charge in [0.2, 0.25) is 0 Å². The van der Waals surface area contributed by atoms with Crippen LogP contribution < -0.4 is 4.48 Å². The molecular weight excluding hydrogens is 342 g/mol. The highest BCUT2D eigenvalue weighted by Crippen LogP contribution is 2.39. The topological polar surface area (TPSA) is 12.4 Å². The van der Waals surface area contributed by atoms with Crippen LogP contribution in [0.4, 0.5) is 14.5 Å². The molecule has 2 aromatic rings. The molecule has 2 nitrogen and oxygen atoms in total. The summed E-state index contributed by atoms with van der Waals surface area (Å²) in [4.78, 5) is 4.75. The first-order valence-electron chi connectivity index (χ1n) is 9.20. The Kier molecular flexibility index (Phi) is 4.11. The third-order valence-electron chi connectivity index (χ3n) is 5.35. The van der Waals surface area contributed by atoms with E-state index in [1.165, 1.54) is 11.6 Å². The molecule has 0 spiro atoms. The lowest BCUT2D eigenvalue weighted by Crippen LogP contribution is -2.49. The first kappa shape index (κ1) is 17.8. The normalized spacial score (nSPS) is 21.7. The average molecular weight is 365 g/mol. The maximum atomic E-state index is 14.6. The molecule has 2 heterocycles. The van der Waals surface area contributed by atoms with Gasteiger partial charge in [0.15, 0.2) is 17.2 Å². The van der Waals surface area contributed by atoms with Crippen LogP contribution >= 0.6 is 0 Å². The van der Waals surface area contributed by atoms with Crippen LogP contribution in [0.15, 0.2) is 71.5 Å². The second-order valence-electron chi connectivity index (χ2n) is 8.14. The minimum atomic E-state index is -0.563. The Morgan fingerprint density at radius 1 is 1.00 bits per heavy atom. The summed E-state index contributed by atoms with van der Waals surface area (Å²) in [7, 11) is 0. The van der Waals surface area contributed by atoms with E-state index in [0.717, 1.165) is 23.0 Å². The van der Waals surface area contributed by atoms with Crippen LogP contribution in [0.3, 0.4) is 0 Å². The number of halogens is 2. The van der Waals surface area contributed by atoms with Gasteiger partial charge in [-0.05, 0) is 23.1 Å².